The van der Waals surface area contributed by atoms with Gasteiger partial charge in [-0.3, -0.25) is 0 Å². The van der Waals surface area contributed by atoms with Crippen LogP contribution in [0.25, 0.3) is 0 Å². The quantitative estimate of drug-likeness (QED) is 0.278. The van der Waals surface area contributed by atoms with Crippen LogP contribution in [0.1, 0.15) is 5.82 Å². The number of aromatic nitrogens is 4. The molecular weight excluding hydrogens is 110 g/mol. The average molecular weight is 113 g/mol. The van der Waals surface area contributed by atoms with E-state index in [0.717, 1.165) is 6.21 Å². The van der Waals surface area contributed by atoms with Gasteiger partial charge in [0, 0.05) is 0 Å². The zero-order chi connectivity index (χ0) is 5.82. The third-order valence-corrected chi connectivity index (χ3v) is 0.535. The Balaban J connectivity index is 2.77. The van der Waals surface area contributed by atoms with Crippen LogP contribution in [-0.4, -0.2) is 32.0 Å². The van der Waals surface area contributed by atoms with Crippen LogP contribution in [0.2, 0.25) is 0 Å². The Morgan fingerprint density at radius 3 is 3.12 bits per heavy atom. The van der Waals surface area contributed by atoms with Crippen LogP contribution < -0.4 is 0 Å². The minimum absolute atomic E-state index is 0.257. The van der Waals surface area contributed by atoms with Gasteiger partial charge in [-0.2, -0.15) is 5.21 Å². The number of H-pyrrole nitrogens is 1. The standard InChI is InChI=1S/C2H3N5O/c8-3-1-2-4-6-7-5-2/h1,8H,(H,4,5,6,7). The number of nitrogens with one attached hydrogen (secondary N) is 1. The highest BCUT2D eigenvalue weighted by atomic mass is 16.4. The molecule has 1 heterocycles. The first-order valence-electron chi connectivity index (χ1n) is 1.84. The molecule has 0 spiro atoms. The number of rotatable bonds is 1. The lowest BCUT2D eigenvalue weighted by molar-refractivity contribution is 0.321. The van der Waals surface area contributed by atoms with Crippen LogP contribution in [0.5, 0.6) is 0 Å². The second-order valence-electron chi connectivity index (χ2n) is 1.01. The molecular formula is C2H3N5O. The minimum atomic E-state index is 0.257. The Hall–Kier alpha value is -1.46. The highest BCUT2D eigenvalue weighted by Gasteiger charge is 1.87. The maximum absolute atomic E-state index is 7.89. The zero-order valence-electron chi connectivity index (χ0n) is 3.81. The van der Waals surface area contributed by atoms with Gasteiger partial charge in [0.1, 0.15) is 6.21 Å². The smallest absolute Gasteiger partial charge is 0.218 e. The third-order valence-electron chi connectivity index (χ3n) is 0.535. The molecule has 6 heteroatoms. The van der Waals surface area contributed by atoms with Crippen molar-refractivity contribution in [3.05, 3.63) is 5.82 Å². The molecule has 0 saturated heterocycles. The Morgan fingerprint density at radius 2 is 2.62 bits per heavy atom. The molecule has 1 rings (SSSR count). The predicted molar refractivity (Wildman–Crippen MR) is 23.6 cm³/mol. The normalized spacial score (nSPS) is 10.5. The van der Waals surface area contributed by atoms with E-state index < -0.39 is 0 Å². The van der Waals surface area contributed by atoms with Gasteiger partial charge >= 0.3 is 0 Å². The summed E-state index contributed by atoms with van der Waals surface area (Å²) < 4.78 is 0. The van der Waals surface area contributed by atoms with Gasteiger partial charge in [0.2, 0.25) is 5.82 Å². The molecule has 0 aliphatic rings. The first-order chi connectivity index (χ1) is 3.93. The summed E-state index contributed by atoms with van der Waals surface area (Å²) in [6.07, 6.45) is 1.07. The molecule has 6 nitrogen and oxygen atoms in total. The molecule has 0 amide bonds. The van der Waals surface area contributed by atoms with Crippen molar-refractivity contribution in [2.24, 2.45) is 5.16 Å². The number of hydrogen-bond acceptors (Lipinski definition) is 5. The van der Waals surface area contributed by atoms with E-state index in [9.17, 15) is 0 Å². The summed E-state index contributed by atoms with van der Waals surface area (Å²) in [6, 6.07) is 0. The van der Waals surface area contributed by atoms with Crippen molar-refractivity contribution in [2.75, 3.05) is 0 Å². The van der Waals surface area contributed by atoms with Gasteiger partial charge in [0.05, 0.1) is 0 Å². The van der Waals surface area contributed by atoms with Crippen molar-refractivity contribution in [3.8, 4) is 0 Å². The molecule has 0 aromatic carbocycles. The molecule has 0 fully saturated rings. The largest absolute Gasteiger partial charge is 0.411 e. The van der Waals surface area contributed by atoms with Crippen LogP contribution in [0.4, 0.5) is 0 Å². The lowest BCUT2D eigenvalue weighted by atomic mass is 10.7. The van der Waals surface area contributed by atoms with Crippen molar-refractivity contribution in [1.82, 2.24) is 20.6 Å². The number of oxime groups is 1. The van der Waals surface area contributed by atoms with Crippen molar-refractivity contribution in [3.63, 3.8) is 0 Å². The maximum atomic E-state index is 7.89. The van der Waals surface area contributed by atoms with E-state index in [1.165, 1.54) is 0 Å². The monoisotopic (exact) mass is 113 g/mol. The van der Waals surface area contributed by atoms with Gasteiger partial charge in [0.15, 0.2) is 0 Å². The van der Waals surface area contributed by atoms with Crippen molar-refractivity contribution in [1.29, 1.82) is 0 Å². The first-order valence-corrected chi connectivity index (χ1v) is 1.84. The molecule has 0 atom stereocenters. The molecule has 0 aliphatic heterocycles. The van der Waals surface area contributed by atoms with Gasteiger partial charge in [-0.05, 0) is 5.21 Å². The number of aromatic amines is 1. The zero-order valence-corrected chi connectivity index (χ0v) is 3.81. The topological polar surface area (TPSA) is 87.0 Å². The summed E-state index contributed by atoms with van der Waals surface area (Å²) >= 11 is 0. The molecule has 1 aromatic rings. The summed E-state index contributed by atoms with van der Waals surface area (Å²) in [7, 11) is 0. The molecule has 0 aliphatic carbocycles. The third kappa shape index (κ3) is 0.780. The molecule has 0 bridgehead atoms. The Kier molecular flexibility index (Phi) is 1.18. The van der Waals surface area contributed by atoms with Crippen LogP contribution in [0, 0.1) is 0 Å². The first kappa shape index (κ1) is 4.69. The van der Waals surface area contributed by atoms with Gasteiger partial charge < -0.3 is 5.21 Å². The minimum Gasteiger partial charge on any atom is -0.411 e. The fourth-order valence-electron chi connectivity index (χ4n) is 0.276. The summed E-state index contributed by atoms with van der Waals surface area (Å²) in [6.45, 7) is 0. The van der Waals surface area contributed by atoms with Gasteiger partial charge in [-0.25, -0.2) is 0 Å². The molecule has 42 valence electrons. The van der Waals surface area contributed by atoms with Crippen molar-refractivity contribution < 1.29 is 5.21 Å². The predicted octanol–water partition coefficient (Wildman–Crippen LogP) is -0.992. The highest BCUT2D eigenvalue weighted by Crippen LogP contribution is 1.71. The van der Waals surface area contributed by atoms with Crippen LogP contribution in [0.15, 0.2) is 5.16 Å². The number of hydrogen-bond donors (Lipinski definition) is 2. The molecule has 1 aromatic heterocycles. The Morgan fingerprint density at radius 1 is 1.75 bits per heavy atom. The van der Waals surface area contributed by atoms with Crippen molar-refractivity contribution >= 4 is 6.21 Å². The van der Waals surface area contributed by atoms with E-state index in [0.29, 0.717) is 0 Å². The van der Waals surface area contributed by atoms with Crippen molar-refractivity contribution in [2.45, 2.75) is 0 Å². The van der Waals surface area contributed by atoms with E-state index in [1.54, 1.807) is 0 Å². The maximum Gasteiger partial charge on any atom is 0.218 e. The van der Waals surface area contributed by atoms with Crippen LogP contribution in [0.3, 0.4) is 0 Å². The average Bonchev–Trinajstić information content (AvgIpc) is 2.19. The van der Waals surface area contributed by atoms with Gasteiger partial charge in [0.25, 0.3) is 0 Å². The van der Waals surface area contributed by atoms with Crippen LogP contribution >= 0.6 is 0 Å². The summed E-state index contributed by atoms with van der Waals surface area (Å²) in [5, 5.41) is 22.8. The summed E-state index contributed by atoms with van der Waals surface area (Å²) in [4.78, 5) is 0. The Labute approximate surface area is 44.2 Å². The lowest BCUT2D eigenvalue weighted by Gasteiger charge is -1.68. The second-order valence-corrected chi connectivity index (χ2v) is 1.01. The fraction of sp³-hybridized carbons (Fsp3) is 0. The molecule has 0 unspecified atom stereocenters. The van der Waals surface area contributed by atoms with E-state index in [2.05, 4.69) is 25.8 Å². The van der Waals surface area contributed by atoms with Crippen LogP contribution in [-0.2, 0) is 0 Å². The SMILES string of the molecule is ON=Cc1nn[nH]n1. The molecule has 0 radical (unpaired) electrons. The number of tetrazole rings is 1. The molecule has 0 saturated carbocycles. The fourth-order valence-corrected chi connectivity index (χ4v) is 0.276. The molecule has 2 N–H and O–H groups in total. The molecule has 8 heavy (non-hydrogen) atoms. The summed E-state index contributed by atoms with van der Waals surface area (Å²) in [5.41, 5.74) is 0. The lowest BCUT2D eigenvalue weighted by Crippen LogP contribution is -1.82. The Bertz CT molecular complexity index is 167. The highest BCUT2D eigenvalue weighted by molar-refractivity contribution is 5.72. The number of nitrogens with zero attached hydrogens (tertiary/aromatic N) is 4. The van der Waals surface area contributed by atoms with E-state index in [-0.39, 0.29) is 5.82 Å². The second kappa shape index (κ2) is 2.01. The summed E-state index contributed by atoms with van der Waals surface area (Å²) in [5.74, 6) is 0.257. The van der Waals surface area contributed by atoms with Gasteiger partial charge in [-0.15, -0.1) is 10.2 Å². The van der Waals surface area contributed by atoms with E-state index >= 15 is 0 Å². The van der Waals surface area contributed by atoms with E-state index in [4.69, 9.17) is 5.21 Å². The van der Waals surface area contributed by atoms with Gasteiger partial charge in [-0.1, -0.05) is 5.16 Å². The van der Waals surface area contributed by atoms with E-state index in [1.807, 2.05) is 0 Å².